The van der Waals surface area contributed by atoms with Crippen LogP contribution in [0.5, 0.6) is 11.5 Å². The van der Waals surface area contributed by atoms with Gasteiger partial charge in [0, 0.05) is 5.41 Å². The molecule has 2 aromatic rings. The molecule has 0 spiro atoms. The average molecular weight is 441 g/mol. The smallest absolute Gasteiger partial charge is 0.134 e. The number of aliphatic hydroxyl groups is 1. The van der Waals surface area contributed by atoms with Gasteiger partial charge < -0.3 is 19.3 Å². The van der Waals surface area contributed by atoms with Gasteiger partial charge in [-0.1, -0.05) is 65.3 Å². The van der Waals surface area contributed by atoms with E-state index in [0.717, 1.165) is 37.4 Å². The second-order valence-corrected chi connectivity index (χ2v) is 9.98. The third-order valence-electron chi connectivity index (χ3n) is 7.03. The Morgan fingerprint density at radius 3 is 1.97 bits per heavy atom. The van der Waals surface area contributed by atoms with Gasteiger partial charge in [-0.15, -0.1) is 0 Å². The average Bonchev–Trinajstić information content (AvgIpc) is 3.64. The van der Waals surface area contributed by atoms with Gasteiger partial charge >= 0.3 is 0 Å². The second kappa shape index (κ2) is 10.3. The number of hydrogen-bond acceptors (Lipinski definition) is 4. The molecule has 4 atom stereocenters. The molecule has 0 amide bonds. The van der Waals surface area contributed by atoms with Gasteiger partial charge in [-0.2, -0.15) is 0 Å². The molecule has 1 heterocycles. The molecule has 1 aliphatic heterocycles. The molecule has 32 heavy (non-hydrogen) atoms. The van der Waals surface area contributed by atoms with Crippen LogP contribution in [0.3, 0.4) is 0 Å². The second-order valence-electron chi connectivity index (χ2n) is 9.98. The van der Waals surface area contributed by atoms with Crippen LogP contribution in [-0.4, -0.2) is 36.1 Å². The van der Waals surface area contributed by atoms with Crippen LogP contribution in [0.15, 0.2) is 48.5 Å². The lowest BCUT2D eigenvalue weighted by Crippen LogP contribution is -2.37. The van der Waals surface area contributed by atoms with Gasteiger partial charge in [0.1, 0.15) is 29.8 Å². The molecule has 4 heteroatoms. The molecule has 0 aliphatic carbocycles. The fourth-order valence-corrected chi connectivity index (χ4v) is 4.00. The van der Waals surface area contributed by atoms with E-state index in [2.05, 4.69) is 77.9 Å². The minimum atomic E-state index is -0.428. The third kappa shape index (κ3) is 6.05. The quantitative estimate of drug-likeness (QED) is 0.403. The highest BCUT2D eigenvalue weighted by atomic mass is 16.6. The van der Waals surface area contributed by atoms with Crippen molar-refractivity contribution in [1.82, 2.24) is 0 Å². The molecular formula is C28H40O4. The van der Waals surface area contributed by atoms with E-state index in [4.69, 9.17) is 14.2 Å². The Hall–Kier alpha value is -2.04. The molecule has 0 aromatic heterocycles. The Balaban J connectivity index is 1.62. The lowest BCUT2D eigenvalue weighted by Gasteiger charge is -2.29. The van der Waals surface area contributed by atoms with E-state index in [1.54, 1.807) is 0 Å². The third-order valence-corrected chi connectivity index (χ3v) is 7.03. The molecule has 2 aromatic carbocycles. The summed E-state index contributed by atoms with van der Waals surface area (Å²) >= 11 is 0. The number of ether oxygens (including phenoxy) is 3. The first kappa shape index (κ1) is 24.6. The van der Waals surface area contributed by atoms with E-state index in [1.165, 1.54) is 11.1 Å². The molecule has 1 aliphatic rings. The maximum Gasteiger partial charge on any atom is 0.134 e. The largest absolute Gasteiger partial charge is 0.491 e. The SMILES string of the molecule is CCC(C)CC(O)COc1ccc(C(C)(C)c2ccc(OC(C)(CC)C3CO3)cc2)cc1. The van der Waals surface area contributed by atoms with Gasteiger partial charge in [0.15, 0.2) is 0 Å². The Labute approximate surface area is 193 Å². The minimum absolute atomic E-state index is 0.152. The van der Waals surface area contributed by atoms with E-state index in [1.807, 2.05) is 12.1 Å². The lowest BCUT2D eigenvalue weighted by atomic mass is 9.78. The zero-order valence-electron chi connectivity index (χ0n) is 20.6. The van der Waals surface area contributed by atoms with E-state index >= 15 is 0 Å². The first-order chi connectivity index (χ1) is 15.2. The Morgan fingerprint density at radius 2 is 1.50 bits per heavy atom. The molecule has 0 saturated carbocycles. The molecule has 4 nitrogen and oxygen atoms in total. The van der Waals surface area contributed by atoms with Gasteiger partial charge in [0.2, 0.25) is 0 Å². The highest BCUT2D eigenvalue weighted by Gasteiger charge is 2.44. The van der Waals surface area contributed by atoms with Crippen LogP contribution >= 0.6 is 0 Å². The summed E-state index contributed by atoms with van der Waals surface area (Å²) in [5.41, 5.74) is 2.02. The summed E-state index contributed by atoms with van der Waals surface area (Å²) in [4.78, 5) is 0. The van der Waals surface area contributed by atoms with Crippen molar-refractivity contribution < 1.29 is 19.3 Å². The van der Waals surface area contributed by atoms with Gasteiger partial charge in [-0.3, -0.25) is 0 Å². The summed E-state index contributed by atoms with van der Waals surface area (Å²) < 4.78 is 17.6. The van der Waals surface area contributed by atoms with Crippen molar-refractivity contribution in [2.75, 3.05) is 13.2 Å². The summed E-state index contributed by atoms with van der Waals surface area (Å²) in [7, 11) is 0. The Bertz CT molecular complexity index is 839. The molecule has 1 fully saturated rings. The van der Waals surface area contributed by atoms with Crippen LogP contribution in [0, 0.1) is 5.92 Å². The maximum absolute atomic E-state index is 10.1. The van der Waals surface area contributed by atoms with Crippen LogP contribution in [0.2, 0.25) is 0 Å². The van der Waals surface area contributed by atoms with Crippen molar-refractivity contribution in [1.29, 1.82) is 0 Å². The van der Waals surface area contributed by atoms with Crippen LogP contribution in [0.25, 0.3) is 0 Å². The highest BCUT2D eigenvalue weighted by Crippen LogP contribution is 2.36. The zero-order chi connectivity index (χ0) is 23.4. The lowest BCUT2D eigenvalue weighted by molar-refractivity contribution is 0.0521. The van der Waals surface area contributed by atoms with E-state index in [9.17, 15) is 5.11 Å². The molecular weight excluding hydrogens is 400 g/mol. The van der Waals surface area contributed by atoms with E-state index < -0.39 is 6.10 Å². The van der Waals surface area contributed by atoms with Gasteiger partial charge in [0.05, 0.1) is 12.7 Å². The Morgan fingerprint density at radius 1 is 0.969 bits per heavy atom. The molecule has 176 valence electrons. The number of rotatable bonds is 12. The monoisotopic (exact) mass is 440 g/mol. The van der Waals surface area contributed by atoms with Crippen LogP contribution < -0.4 is 9.47 Å². The summed E-state index contributed by atoms with van der Waals surface area (Å²) in [6.45, 7) is 14.1. The van der Waals surface area contributed by atoms with E-state index in [0.29, 0.717) is 12.5 Å². The predicted octanol–water partition coefficient (Wildman–Crippen LogP) is 6.13. The minimum Gasteiger partial charge on any atom is -0.491 e. The maximum atomic E-state index is 10.1. The number of aliphatic hydroxyl groups excluding tert-OH is 1. The van der Waals surface area contributed by atoms with Crippen molar-refractivity contribution in [3.05, 3.63) is 59.7 Å². The number of epoxide rings is 1. The van der Waals surface area contributed by atoms with Crippen LogP contribution in [0.1, 0.15) is 71.9 Å². The molecule has 0 radical (unpaired) electrons. The Kier molecular flexibility index (Phi) is 7.89. The van der Waals surface area contributed by atoms with Gasteiger partial charge in [-0.25, -0.2) is 0 Å². The molecule has 4 unspecified atom stereocenters. The summed E-state index contributed by atoms with van der Waals surface area (Å²) in [6, 6.07) is 16.6. The van der Waals surface area contributed by atoms with Gasteiger partial charge in [0.25, 0.3) is 0 Å². The number of benzene rings is 2. The standard InChI is InChI=1S/C28H40O4/c1-7-20(3)17-23(29)18-30-24-13-9-21(10-14-24)27(4,5)22-11-15-25(16-12-22)32-28(6,8-2)26-19-31-26/h9-16,20,23,26,29H,7-8,17-19H2,1-6H3. The molecule has 1 N–H and O–H groups in total. The fraction of sp³-hybridized carbons (Fsp3) is 0.571. The fourth-order valence-electron chi connectivity index (χ4n) is 4.00. The molecule has 3 rings (SSSR count). The topological polar surface area (TPSA) is 51.2 Å². The number of hydrogen-bond donors (Lipinski definition) is 1. The normalized spacial score (nSPS) is 19.7. The van der Waals surface area contributed by atoms with E-state index in [-0.39, 0.29) is 17.1 Å². The van der Waals surface area contributed by atoms with Crippen molar-refractivity contribution in [3.8, 4) is 11.5 Å². The molecule has 0 bridgehead atoms. The highest BCUT2D eigenvalue weighted by molar-refractivity contribution is 5.42. The van der Waals surface area contributed by atoms with Crippen LogP contribution in [-0.2, 0) is 10.2 Å². The van der Waals surface area contributed by atoms with Crippen LogP contribution in [0.4, 0.5) is 0 Å². The first-order valence-electron chi connectivity index (χ1n) is 12.0. The van der Waals surface area contributed by atoms with Crippen molar-refractivity contribution in [2.24, 2.45) is 5.92 Å². The van der Waals surface area contributed by atoms with Crippen molar-refractivity contribution in [2.45, 2.75) is 84.0 Å². The summed E-state index contributed by atoms with van der Waals surface area (Å²) in [5.74, 6) is 2.17. The molecule has 1 saturated heterocycles. The predicted molar refractivity (Wildman–Crippen MR) is 130 cm³/mol. The first-order valence-corrected chi connectivity index (χ1v) is 12.0. The summed E-state index contributed by atoms with van der Waals surface area (Å²) in [5, 5.41) is 10.1. The van der Waals surface area contributed by atoms with Crippen molar-refractivity contribution in [3.63, 3.8) is 0 Å². The van der Waals surface area contributed by atoms with Crippen molar-refractivity contribution >= 4 is 0 Å². The zero-order valence-corrected chi connectivity index (χ0v) is 20.6. The summed E-state index contributed by atoms with van der Waals surface area (Å²) in [6.07, 6.45) is 2.52. The van der Waals surface area contributed by atoms with Gasteiger partial charge in [-0.05, 0) is 61.1 Å².